The average molecular weight is 468 g/mol. The lowest BCUT2D eigenvalue weighted by molar-refractivity contribution is -0.137. The van der Waals surface area contributed by atoms with Crippen molar-refractivity contribution in [3.8, 4) is 17.2 Å². The third kappa shape index (κ3) is 4.85. The van der Waals surface area contributed by atoms with Gasteiger partial charge < -0.3 is 24.3 Å². The fourth-order valence-electron chi connectivity index (χ4n) is 4.09. The molecule has 0 atom stereocenters. The molecular weight excluding hydrogens is 438 g/mol. The maximum atomic E-state index is 13.6. The zero-order valence-electron chi connectivity index (χ0n) is 19.6. The molecule has 0 unspecified atom stereocenters. The molecule has 0 aliphatic carbocycles. The topological polar surface area (TPSA) is 89.6 Å². The largest absolute Gasteiger partial charge is 0.497 e. The normalized spacial score (nSPS) is 16.7. The number of rotatable bonds is 9. The number of amides is 2. The Bertz CT molecular complexity index is 1070. The van der Waals surface area contributed by atoms with Crippen LogP contribution in [0.3, 0.4) is 0 Å². The van der Waals surface area contributed by atoms with Crippen molar-refractivity contribution in [1.82, 2.24) is 9.80 Å². The standard InChI is InChI=1S/C25H29N3O6/c1-31-18-14-17(15-19(16-18)32-2)26-23-22(20-6-4-5-7-21(20)33-3)24(29)28(25(23)30)9-8-27-10-12-34-13-11-27/h4-7,14-16,26H,8-13H2,1-3H3. The van der Waals surface area contributed by atoms with Gasteiger partial charge in [0.25, 0.3) is 11.8 Å². The number of methoxy groups -OCH3 is 3. The Morgan fingerprint density at radius 3 is 2.21 bits per heavy atom. The molecule has 1 fully saturated rings. The summed E-state index contributed by atoms with van der Waals surface area (Å²) in [5, 5.41) is 3.16. The summed E-state index contributed by atoms with van der Waals surface area (Å²) in [4.78, 5) is 30.6. The van der Waals surface area contributed by atoms with Crippen molar-refractivity contribution in [3.05, 3.63) is 53.7 Å². The van der Waals surface area contributed by atoms with Crippen LogP contribution in [0.4, 0.5) is 5.69 Å². The van der Waals surface area contributed by atoms with E-state index in [-0.39, 0.29) is 29.6 Å². The molecule has 9 heteroatoms. The Kier molecular flexibility index (Phi) is 7.34. The molecule has 0 aromatic heterocycles. The van der Waals surface area contributed by atoms with Crippen LogP contribution in [0, 0.1) is 0 Å². The van der Waals surface area contributed by atoms with Crippen LogP contribution < -0.4 is 19.5 Å². The number of anilines is 1. The summed E-state index contributed by atoms with van der Waals surface area (Å²) in [5.41, 5.74) is 1.57. The SMILES string of the molecule is COc1cc(NC2=C(c3ccccc3OC)C(=O)N(CCN3CCOCC3)C2=O)cc(OC)c1. The van der Waals surface area contributed by atoms with Gasteiger partial charge >= 0.3 is 0 Å². The van der Waals surface area contributed by atoms with Crippen molar-refractivity contribution in [1.29, 1.82) is 0 Å². The molecule has 2 amide bonds. The number of para-hydroxylation sites is 1. The molecule has 1 saturated heterocycles. The molecule has 0 radical (unpaired) electrons. The molecule has 180 valence electrons. The van der Waals surface area contributed by atoms with Gasteiger partial charge in [-0.3, -0.25) is 19.4 Å². The first kappa shape index (κ1) is 23.6. The fraction of sp³-hybridized carbons (Fsp3) is 0.360. The van der Waals surface area contributed by atoms with Crippen LogP contribution in [0.5, 0.6) is 17.2 Å². The van der Waals surface area contributed by atoms with Crippen molar-refractivity contribution in [2.45, 2.75) is 0 Å². The van der Waals surface area contributed by atoms with Crippen molar-refractivity contribution in [2.75, 3.05) is 66.0 Å². The van der Waals surface area contributed by atoms with Gasteiger partial charge in [-0.25, -0.2) is 0 Å². The van der Waals surface area contributed by atoms with Gasteiger partial charge in [0.2, 0.25) is 0 Å². The van der Waals surface area contributed by atoms with E-state index in [1.165, 1.54) is 12.0 Å². The van der Waals surface area contributed by atoms with E-state index >= 15 is 0 Å². The number of morpholine rings is 1. The lowest BCUT2D eigenvalue weighted by Gasteiger charge is -2.28. The minimum atomic E-state index is -0.388. The van der Waals surface area contributed by atoms with Crippen molar-refractivity contribution < 1.29 is 28.5 Å². The molecule has 2 aliphatic heterocycles. The quantitative estimate of drug-likeness (QED) is 0.562. The average Bonchev–Trinajstić information content (AvgIpc) is 3.11. The number of nitrogens with zero attached hydrogens (tertiary/aromatic N) is 2. The lowest BCUT2D eigenvalue weighted by atomic mass is 10.0. The molecule has 34 heavy (non-hydrogen) atoms. The smallest absolute Gasteiger partial charge is 0.278 e. The van der Waals surface area contributed by atoms with E-state index in [0.29, 0.717) is 48.3 Å². The van der Waals surface area contributed by atoms with E-state index in [2.05, 4.69) is 10.2 Å². The molecule has 2 aromatic carbocycles. The van der Waals surface area contributed by atoms with E-state index in [9.17, 15) is 9.59 Å². The summed E-state index contributed by atoms with van der Waals surface area (Å²) in [6.45, 7) is 3.72. The first-order valence-corrected chi connectivity index (χ1v) is 11.1. The predicted molar refractivity (Wildman–Crippen MR) is 127 cm³/mol. The van der Waals surface area contributed by atoms with Gasteiger partial charge in [0.1, 0.15) is 22.9 Å². The van der Waals surface area contributed by atoms with Crippen molar-refractivity contribution >= 4 is 23.1 Å². The minimum Gasteiger partial charge on any atom is -0.497 e. The molecule has 0 bridgehead atoms. The molecule has 2 aliphatic rings. The van der Waals surface area contributed by atoms with Crippen LogP contribution in [-0.4, -0.2) is 82.3 Å². The molecule has 2 heterocycles. The summed E-state index contributed by atoms with van der Waals surface area (Å²) in [7, 11) is 4.64. The zero-order chi connectivity index (χ0) is 24.1. The highest BCUT2D eigenvalue weighted by Crippen LogP contribution is 2.36. The maximum absolute atomic E-state index is 13.6. The third-order valence-electron chi connectivity index (χ3n) is 5.91. The van der Waals surface area contributed by atoms with Gasteiger partial charge in [0.15, 0.2) is 0 Å². The van der Waals surface area contributed by atoms with Gasteiger partial charge in [-0.1, -0.05) is 18.2 Å². The number of benzene rings is 2. The lowest BCUT2D eigenvalue weighted by Crippen LogP contribution is -2.43. The summed E-state index contributed by atoms with van der Waals surface area (Å²) < 4.78 is 21.6. The number of carbonyl (C=O) groups excluding carboxylic acids is 2. The van der Waals surface area contributed by atoms with Crippen LogP contribution in [0.2, 0.25) is 0 Å². The Hall–Kier alpha value is -3.56. The molecule has 2 aromatic rings. The van der Waals surface area contributed by atoms with E-state index in [1.54, 1.807) is 44.6 Å². The summed E-state index contributed by atoms with van der Waals surface area (Å²) >= 11 is 0. The molecule has 4 rings (SSSR count). The van der Waals surface area contributed by atoms with Gasteiger partial charge in [0, 0.05) is 55.6 Å². The molecular formula is C25H29N3O6. The van der Waals surface area contributed by atoms with Gasteiger partial charge in [-0.05, 0) is 6.07 Å². The summed E-state index contributed by atoms with van der Waals surface area (Å²) in [6.07, 6.45) is 0. The Labute approximate surface area is 198 Å². The fourth-order valence-corrected chi connectivity index (χ4v) is 4.09. The summed E-state index contributed by atoms with van der Waals surface area (Å²) in [6, 6.07) is 12.4. The number of hydrogen-bond acceptors (Lipinski definition) is 8. The first-order chi connectivity index (χ1) is 16.5. The first-order valence-electron chi connectivity index (χ1n) is 11.1. The highest BCUT2D eigenvalue weighted by atomic mass is 16.5. The van der Waals surface area contributed by atoms with Gasteiger partial charge in [0.05, 0.1) is 40.1 Å². The second kappa shape index (κ2) is 10.6. The van der Waals surface area contributed by atoms with Crippen molar-refractivity contribution in [3.63, 3.8) is 0 Å². The second-order valence-corrected chi connectivity index (χ2v) is 7.89. The number of ether oxygens (including phenoxy) is 4. The second-order valence-electron chi connectivity index (χ2n) is 7.89. The number of hydrogen-bond donors (Lipinski definition) is 1. The Morgan fingerprint density at radius 2 is 1.56 bits per heavy atom. The summed E-state index contributed by atoms with van der Waals surface area (Å²) in [5.74, 6) is 0.877. The maximum Gasteiger partial charge on any atom is 0.278 e. The van der Waals surface area contributed by atoms with Crippen LogP contribution in [0.1, 0.15) is 5.56 Å². The predicted octanol–water partition coefficient (Wildman–Crippen LogP) is 2.24. The minimum absolute atomic E-state index is 0.187. The highest BCUT2D eigenvalue weighted by molar-refractivity contribution is 6.37. The third-order valence-corrected chi connectivity index (χ3v) is 5.91. The van der Waals surface area contributed by atoms with E-state index < -0.39 is 0 Å². The number of imide groups is 1. The highest BCUT2D eigenvalue weighted by Gasteiger charge is 2.40. The molecule has 1 N–H and O–H groups in total. The molecule has 0 saturated carbocycles. The van der Waals surface area contributed by atoms with Gasteiger partial charge in [-0.2, -0.15) is 0 Å². The monoisotopic (exact) mass is 467 g/mol. The number of carbonyl (C=O) groups is 2. The van der Waals surface area contributed by atoms with Crippen LogP contribution >= 0.6 is 0 Å². The molecule has 0 spiro atoms. The van der Waals surface area contributed by atoms with E-state index in [4.69, 9.17) is 18.9 Å². The Balaban J connectivity index is 1.70. The number of nitrogens with one attached hydrogen (secondary N) is 1. The van der Waals surface area contributed by atoms with Crippen LogP contribution in [-0.2, 0) is 14.3 Å². The van der Waals surface area contributed by atoms with E-state index in [1.807, 2.05) is 12.1 Å². The van der Waals surface area contributed by atoms with Crippen LogP contribution in [0.25, 0.3) is 5.57 Å². The van der Waals surface area contributed by atoms with E-state index in [0.717, 1.165) is 13.1 Å². The zero-order valence-corrected chi connectivity index (χ0v) is 19.6. The van der Waals surface area contributed by atoms with Crippen molar-refractivity contribution in [2.24, 2.45) is 0 Å². The van der Waals surface area contributed by atoms with Gasteiger partial charge in [-0.15, -0.1) is 0 Å². The Morgan fingerprint density at radius 1 is 0.882 bits per heavy atom. The molecule has 9 nitrogen and oxygen atoms in total. The van der Waals surface area contributed by atoms with Crippen LogP contribution in [0.15, 0.2) is 48.2 Å².